The molecule has 2 nitrogen and oxygen atoms in total. The Kier molecular flexibility index (Phi) is 12.1. The second-order valence-electron chi connectivity index (χ2n) is 13.2. The summed E-state index contributed by atoms with van der Waals surface area (Å²) in [5.74, 6) is 5.80. The van der Waals surface area contributed by atoms with E-state index in [1.807, 2.05) is 0 Å². The fourth-order valence-electron chi connectivity index (χ4n) is 7.86. The molecule has 194 valence electrons. The van der Waals surface area contributed by atoms with Crippen LogP contribution in [-0.4, -0.2) is 22.4 Å². The van der Waals surface area contributed by atoms with Crippen LogP contribution >= 0.6 is 0 Å². The van der Waals surface area contributed by atoms with E-state index in [2.05, 4.69) is 20.8 Å². The van der Waals surface area contributed by atoms with E-state index in [0.717, 1.165) is 67.1 Å². The third-order valence-corrected chi connectivity index (χ3v) is 10.2. The Morgan fingerprint density at radius 1 is 0.667 bits per heavy atom. The Bertz CT molecular complexity index is 513. The van der Waals surface area contributed by atoms with E-state index in [0.29, 0.717) is 0 Å². The van der Waals surface area contributed by atoms with Gasteiger partial charge in [0.15, 0.2) is 0 Å². The zero-order valence-corrected chi connectivity index (χ0v) is 22.5. The van der Waals surface area contributed by atoms with Gasteiger partial charge in [-0.1, -0.05) is 91.4 Å². The monoisotopic (exact) mass is 462 g/mol. The average Bonchev–Trinajstić information content (AvgIpc) is 3.04. The lowest BCUT2D eigenvalue weighted by molar-refractivity contribution is 0.0439. The fraction of sp³-hybridized carbons (Fsp3) is 1.00. The smallest absolute Gasteiger partial charge is 0.0543 e. The minimum absolute atomic E-state index is 0.0272. The first kappa shape index (κ1) is 27.5. The summed E-state index contributed by atoms with van der Waals surface area (Å²) in [6, 6.07) is 0. The summed E-state index contributed by atoms with van der Waals surface area (Å²) in [4.78, 5) is 0. The van der Waals surface area contributed by atoms with Gasteiger partial charge >= 0.3 is 0 Å². The zero-order chi connectivity index (χ0) is 23.6. The van der Waals surface area contributed by atoms with Gasteiger partial charge in [0.25, 0.3) is 0 Å². The van der Waals surface area contributed by atoms with E-state index < -0.39 is 0 Å². The van der Waals surface area contributed by atoms with Gasteiger partial charge in [-0.25, -0.2) is 0 Å². The van der Waals surface area contributed by atoms with Gasteiger partial charge in [-0.15, -0.1) is 0 Å². The van der Waals surface area contributed by atoms with Crippen molar-refractivity contribution in [3.8, 4) is 0 Å². The molecule has 0 aromatic rings. The fourth-order valence-corrected chi connectivity index (χ4v) is 7.86. The molecule has 33 heavy (non-hydrogen) atoms. The van der Waals surface area contributed by atoms with Crippen LogP contribution in [0, 0.1) is 41.4 Å². The maximum Gasteiger partial charge on any atom is 0.0543 e. The van der Waals surface area contributed by atoms with Gasteiger partial charge in [-0.3, -0.25) is 0 Å². The first-order valence-corrected chi connectivity index (χ1v) is 15.3. The van der Waals surface area contributed by atoms with E-state index in [1.165, 1.54) is 96.3 Å². The highest BCUT2D eigenvalue weighted by Gasteiger charge is 2.34. The summed E-state index contributed by atoms with van der Waals surface area (Å²) in [7, 11) is 0. The van der Waals surface area contributed by atoms with Crippen molar-refractivity contribution in [1.29, 1.82) is 0 Å². The number of aliphatic hydroxyl groups is 2. The van der Waals surface area contributed by atoms with E-state index in [1.54, 1.807) is 0 Å². The van der Waals surface area contributed by atoms with Gasteiger partial charge in [-0.2, -0.15) is 0 Å². The molecule has 8 atom stereocenters. The first-order chi connectivity index (χ1) is 15.9. The van der Waals surface area contributed by atoms with Crippen LogP contribution in [0.25, 0.3) is 0 Å². The minimum Gasteiger partial charge on any atom is -0.393 e. The molecule has 3 saturated carbocycles. The van der Waals surface area contributed by atoms with Gasteiger partial charge in [0.05, 0.1) is 12.2 Å². The average molecular weight is 463 g/mol. The zero-order valence-electron chi connectivity index (χ0n) is 22.5. The van der Waals surface area contributed by atoms with Crippen LogP contribution in [0.1, 0.15) is 143 Å². The summed E-state index contributed by atoms with van der Waals surface area (Å²) in [5, 5.41) is 20.7. The largest absolute Gasteiger partial charge is 0.393 e. The molecule has 3 fully saturated rings. The summed E-state index contributed by atoms with van der Waals surface area (Å²) in [5.41, 5.74) is 0. The molecule has 0 saturated heterocycles. The lowest BCUT2D eigenvalue weighted by Gasteiger charge is -2.37. The molecule has 3 rings (SSSR count). The van der Waals surface area contributed by atoms with Crippen LogP contribution in [0.5, 0.6) is 0 Å². The van der Waals surface area contributed by atoms with Crippen LogP contribution in [-0.2, 0) is 0 Å². The van der Waals surface area contributed by atoms with Crippen molar-refractivity contribution in [2.45, 2.75) is 155 Å². The molecule has 3 aliphatic rings. The first-order valence-electron chi connectivity index (χ1n) is 15.3. The summed E-state index contributed by atoms with van der Waals surface area (Å²) in [6.45, 7) is 7.35. The van der Waals surface area contributed by atoms with E-state index in [9.17, 15) is 10.2 Å². The molecule has 0 aliphatic heterocycles. The van der Waals surface area contributed by atoms with Gasteiger partial charge in [0, 0.05) is 0 Å². The Hall–Kier alpha value is -0.0800. The molecule has 0 bridgehead atoms. The SMILES string of the molecule is CC(CCC(O)CC1CCCCC1)CC[C@H](C)CC1CCCC(C2CC(O)CCC2C)CC1. The van der Waals surface area contributed by atoms with Crippen LogP contribution in [0.4, 0.5) is 0 Å². The van der Waals surface area contributed by atoms with Crippen molar-refractivity contribution in [2.75, 3.05) is 0 Å². The standard InChI is InChI=1S/C31H58O2/c1-23(14-18-29(32)21-26-8-5-4-6-9-26)12-13-24(2)20-27-10-7-11-28(17-16-27)31-22-30(33)19-15-25(31)3/h23-33H,4-22H2,1-3H3/t23?,24-,25?,27?,28?,29?,30?,31?/m0/s1. The van der Waals surface area contributed by atoms with Gasteiger partial charge < -0.3 is 10.2 Å². The number of hydrogen-bond acceptors (Lipinski definition) is 2. The molecule has 3 aliphatic carbocycles. The third-order valence-electron chi connectivity index (χ3n) is 10.2. The Morgan fingerprint density at radius 3 is 2.12 bits per heavy atom. The predicted molar refractivity (Wildman–Crippen MR) is 141 cm³/mol. The summed E-state index contributed by atoms with van der Waals surface area (Å²) < 4.78 is 0. The van der Waals surface area contributed by atoms with Crippen molar-refractivity contribution in [3.63, 3.8) is 0 Å². The maximum atomic E-state index is 10.5. The quantitative estimate of drug-likeness (QED) is 0.302. The summed E-state index contributed by atoms with van der Waals surface area (Å²) in [6.07, 6.45) is 24.7. The topological polar surface area (TPSA) is 40.5 Å². The highest BCUT2D eigenvalue weighted by Crippen LogP contribution is 2.43. The van der Waals surface area contributed by atoms with Gasteiger partial charge in [0.2, 0.25) is 0 Å². The molecule has 0 aromatic carbocycles. The Morgan fingerprint density at radius 2 is 1.33 bits per heavy atom. The van der Waals surface area contributed by atoms with Crippen molar-refractivity contribution in [3.05, 3.63) is 0 Å². The highest BCUT2D eigenvalue weighted by atomic mass is 16.3. The van der Waals surface area contributed by atoms with E-state index >= 15 is 0 Å². The maximum absolute atomic E-state index is 10.5. The minimum atomic E-state index is -0.0556. The molecule has 2 heteroatoms. The van der Waals surface area contributed by atoms with Crippen molar-refractivity contribution in [2.24, 2.45) is 41.4 Å². The molecular formula is C31H58O2. The molecule has 0 amide bonds. The number of hydrogen-bond donors (Lipinski definition) is 2. The van der Waals surface area contributed by atoms with Crippen LogP contribution in [0.2, 0.25) is 0 Å². The highest BCUT2D eigenvalue weighted by molar-refractivity contribution is 4.85. The van der Waals surface area contributed by atoms with E-state index in [-0.39, 0.29) is 12.2 Å². The lowest BCUT2D eigenvalue weighted by atomic mass is 9.70. The predicted octanol–water partition coefficient (Wildman–Crippen LogP) is 8.53. The van der Waals surface area contributed by atoms with Crippen LogP contribution < -0.4 is 0 Å². The molecular weight excluding hydrogens is 404 g/mol. The lowest BCUT2D eigenvalue weighted by Crippen LogP contribution is -2.31. The second kappa shape index (κ2) is 14.5. The molecule has 0 radical (unpaired) electrons. The third kappa shape index (κ3) is 9.83. The second-order valence-corrected chi connectivity index (χ2v) is 13.2. The normalized spacial score (nSPS) is 35.0. The van der Waals surface area contributed by atoms with Gasteiger partial charge in [0.1, 0.15) is 0 Å². The van der Waals surface area contributed by atoms with Gasteiger partial charge in [-0.05, 0) is 92.8 Å². The van der Waals surface area contributed by atoms with Crippen LogP contribution in [0.3, 0.4) is 0 Å². The summed E-state index contributed by atoms with van der Waals surface area (Å²) >= 11 is 0. The van der Waals surface area contributed by atoms with E-state index in [4.69, 9.17) is 0 Å². The van der Waals surface area contributed by atoms with Crippen molar-refractivity contribution < 1.29 is 10.2 Å². The Labute approximate surface area is 206 Å². The van der Waals surface area contributed by atoms with Crippen molar-refractivity contribution >= 4 is 0 Å². The van der Waals surface area contributed by atoms with Crippen LogP contribution in [0.15, 0.2) is 0 Å². The molecule has 7 unspecified atom stereocenters. The number of aliphatic hydroxyl groups excluding tert-OH is 2. The molecule has 0 aromatic heterocycles. The van der Waals surface area contributed by atoms with Crippen molar-refractivity contribution in [1.82, 2.24) is 0 Å². The number of rotatable bonds is 11. The Balaban J connectivity index is 1.28. The molecule has 2 N–H and O–H groups in total. The molecule has 0 spiro atoms. The molecule has 0 heterocycles.